The van der Waals surface area contributed by atoms with Crippen molar-refractivity contribution in [3.8, 4) is 5.75 Å². The van der Waals surface area contributed by atoms with Gasteiger partial charge in [0.05, 0.1) is 7.11 Å². The van der Waals surface area contributed by atoms with Crippen LogP contribution in [0.4, 0.5) is 0 Å². The smallest absolute Gasteiger partial charge is 0.119 e. The van der Waals surface area contributed by atoms with E-state index in [9.17, 15) is 0 Å². The predicted molar refractivity (Wildman–Crippen MR) is 106 cm³/mol. The molecule has 2 rings (SSSR count). The standard InChI is InChI=1S/C20H26INO/c1-16(14-18-15-19(23-2)11-12-20(18)21)22-13-7-6-10-17-8-4-3-5-9-17/h3-5,8-9,11-12,15-16,22H,6-7,10,13-14H2,1-2H3/t16-/m0/s1. The Balaban J connectivity index is 1.68. The Kier molecular flexibility index (Phi) is 7.89. The minimum absolute atomic E-state index is 0.479. The molecular formula is C20H26INO. The van der Waals surface area contributed by atoms with Crippen LogP contribution < -0.4 is 10.1 Å². The van der Waals surface area contributed by atoms with Crippen LogP contribution in [0.15, 0.2) is 48.5 Å². The largest absolute Gasteiger partial charge is 0.497 e. The minimum atomic E-state index is 0.479. The van der Waals surface area contributed by atoms with Crippen LogP contribution in [0.25, 0.3) is 0 Å². The molecule has 0 fully saturated rings. The van der Waals surface area contributed by atoms with E-state index in [2.05, 4.69) is 77.3 Å². The highest BCUT2D eigenvalue weighted by Gasteiger charge is 2.07. The number of halogens is 1. The van der Waals surface area contributed by atoms with Crippen LogP contribution in [-0.4, -0.2) is 19.7 Å². The van der Waals surface area contributed by atoms with Gasteiger partial charge >= 0.3 is 0 Å². The molecule has 0 radical (unpaired) electrons. The number of methoxy groups -OCH3 is 1. The fourth-order valence-electron chi connectivity index (χ4n) is 2.68. The first-order valence-electron chi connectivity index (χ1n) is 8.29. The van der Waals surface area contributed by atoms with E-state index >= 15 is 0 Å². The second-order valence-corrected chi connectivity index (χ2v) is 7.12. The summed E-state index contributed by atoms with van der Waals surface area (Å²) in [7, 11) is 1.72. The lowest BCUT2D eigenvalue weighted by Crippen LogP contribution is -2.29. The second-order valence-electron chi connectivity index (χ2n) is 5.96. The molecule has 124 valence electrons. The van der Waals surface area contributed by atoms with Crippen molar-refractivity contribution in [1.82, 2.24) is 5.32 Å². The molecule has 23 heavy (non-hydrogen) atoms. The Bertz CT molecular complexity index is 585. The lowest BCUT2D eigenvalue weighted by molar-refractivity contribution is 0.413. The quantitative estimate of drug-likeness (QED) is 0.460. The van der Waals surface area contributed by atoms with Crippen molar-refractivity contribution in [3.05, 3.63) is 63.2 Å². The molecule has 1 N–H and O–H groups in total. The van der Waals surface area contributed by atoms with Crippen LogP contribution >= 0.6 is 22.6 Å². The van der Waals surface area contributed by atoms with Crippen LogP contribution in [0.3, 0.4) is 0 Å². The SMILES string of the molecule is COc1ccc(I)c(C[C@H](C)NCCCCc2ccccc2)c1. The van der Waals surface area contributed by atoms with Gasteiger partial charge in [-0.1, -0.05) is 30.3 Å². The van der Waals surface area contributed by atoms with Gasteiger partial charge in [-0.05, 0) is 91.1 Å². The van der Waals surface area contributed by atoms with E-state index in [0.29, 0.717) is 6.04 Å². The topological polar surface area (TPSA) is 21.3 Å². The average Bonchev–Trinajstić information content (AvgIpc) is 2.57. The lowest BCUT2D eigenvalue weighted by atomic mass is 10.1. The van der Waals surface area contributed by atoms with Crippen molar-refractivity contribution < 1.29 is 4.74 Å². The summed E-state index contributed by atoms with van der Waals surface area (Å²) >= 11 is 2.40. The zero-order valence-corrected chi connectivity index (χ0v) is 16.2. The maximum Gasteiger partial charge on any atom is 0.119 e. The number of hydrogen-bond acceptors (Lipinski definition) is 2. The summed E-state index contributed by atoms with van der Waals surface area (Å²) in [5.74, 6) is 0.940. The molecule has 0 aliphatic heterocycles. The van der Waals surface area contributed by atoms with Crippen molar-refractivity contribution in [1.29, 1.82) is 0 Å². The number of benzene rings is 2. The monoisotopic (exact) mass is 423 g/mol. The van der Waals surface area contributed by atoms with Crippen molar-refractivity contribution in [3.63, 3.8) is 0 Å². The third-order valence-corrected chi connectivity index (χ3v) is 5.06. The highest BCUT2D eigenvalue weighted by atomic mass is 127. The van der Waals surface area contributed by atoms with E-state index in [0.717, 1.165) is 18.7 Å². The van der Waals surface area contributed by atoms with Gasteiger partial charge in [0, 0.05) is 9.61 Å². The summed E-state index contributed by atoms with van der Waals surface area (Å²) in [6.45, 7) is 3.33. The third kappa shape index (κ3) is 6.51. The summed E-state index contributed by atoms with van der Waals surface area (Å²) in [6, 6.07) is 17.5. The zero-order chi connectivity index (χ0) is 16.5. The molecule has 0 amide bonds. The van der Waals surface area contributed by atoms with Crippen molar-refractivity contribution in [2.75, 3.05) is 13.7 Å². The molecule has 0 bridgehead atoms. The lowest BCUT2D eigenvalue weighted by Gasteiger charge is -2.15. The van der Waals surface area contributed by atoms with E-state index < -0.39 is 0 Å². The molecule has 0 spiro atoms. The number of hydrogen-bond donors (Lipinski definition) is 1. The fraction of sp³-hybridized carbons (Fsp3) is 0.400. The molecule has 0 aromatic heterocycles. The van der Waals surface area contributed by atoms with E-state index in [-0.39, 0.29) is 0 Å². The first-order chi connectivity index (χ1) is 11.2. The van der Waals surface area contributed by atoms with Crippen molar-refractivity contribution in [2.45, 2.75) is 38.6 Å². The van der Waals surface area contributed by atoms with Crippen LogP contribution in [0.1, 0.15) is 30.9 Å². The molecule has 0 saturated carbocycles. The molecule has 2 aromatic rings. The highest BCUT2D eigenvalue weighted by Crippen LogP contribution is 2.20. The van der Waals surface area contributed by atoms with Gasteiger partial charge in [0.1, 0.15) is 5.75 Å². The normalized spacial score (nSPS) is 12.1. The van der Waals surface area contributed by atoms with E-state index in [1.165, 1.54) is 34.0 Å². The molecule has 0 heterocycles. The Morgan fingerprint density at radius 2 is 1.87 bits per heavy atom. The van der Waals surface area contributed by atoms with Crippen LogP contribution in [0, 0.1) is 3.57 Å². The number of rotatable bonds is 9. The first kappa shape index (κ1) is 18.3. The van der Waals surface area contributed by atoms with Gasteiger partial charge in [0.2, 0.25) is 0 Å². The van der Waals surface area contributed by atoms with Gasteiger partial charge in [0.15, 0.2) is 0 Å². The first-order valence-corrected chi connectivity index (χ1v) is 9.36. The van der Waals surface area contributed by atoms with E-state index in [4.69, 9.17) is 4.74 Å². The number of aryl methyl sites for hydroxylation is 1. The molecule has 2 aromatic carbocycles. The maximum atomic E-state index is 5.32. The van der Waals surface area contributed by atoms with E-state index in [1.807, 2.05) is 6.07 Å². The Morgan fingerprint density at radius 1 is 1.09 bits per heavy atom. The van der Waals surface area contributed by atoms with Gasteiger partial charge in [-0.3, -0.25) is 0 Å². The highest BCUT2D eigenvalue weighted by molar-refractivity contribution is 14.1. The molecular weight excluding hydrogens is 397 g/mol. The van der Waals surface area contributed by atoms with Crippen molar-refractivity contribution in [2.24, 2.45) is 0 Å². The predicted octanol–water partition coefficient (Wildman–Crippen LogP) is 4.84. The molecule has 3 heteroatoms. The molecule has 0 saturated heterocycles. The number of unbranched alkanes of at least 4 members (excludes halogenated alkanes) is 1. The zero-order valence-electron chi connectivity index (χ0n) is 14.0. The summed E-state index contributed by atoms with van der Waals surface area (Å²) in [5, 5.41) is 3.64. The van der Waals surface area contributed by atoms with Crippen molar-refractivity contribution >= 4 is 22.6 Å². The minimum Gasteiger partial charge on any atom is -0.497 e. The Hall–Kier alpha value is -1.07. The van der Waals surface area contributed by atoms with Crippen LogP contribution in [0.2, 0.25) is 0 Å². The number of nitrogens with one attached hydrogen (secondary N) is 1. The van der Waals surface area contributed by atoms with Gasteiger partial charge in [-0.15, -0.1) is 0 Å². The molecule has 1 atom stereocenters. The van der Waals surface area contributed by atoms with Gasteiger partial charge < -0.3 is 10.1 Å². The molecule has 0 aliphatic carbocycles. The Morgan fingerprint density at radius 3 is 2.61 bits per heavy atom. The summed E-state index contributed by atoms with van der Waals surface area (Å²) in [6.07, 6.45) is 4.66. The van der Waals surface area contributed by atoms with Crippen LogP contribution in [-0.2, 0) is 12.8 Å². The number of ether oxygens (including phenoxy) is 1. The maximum absolute atomic E-state index is 5.32. The van der Waals surface area contributed by atoms with E-state index in [1.54, 1.807) is 7.11 Å². The van der Waals surface area contributed by atoms with Gasteiger partial charge in [-0.2, -0.15) is 0 Å². The van der Waals surface area contributed by atoms with Gasteiger partial charge in [-0.25, -0.2) is 0 Å². The summed E-state index contributed by atoms with van der Waals surface area (Å²) < 4.78 is 6.63. The third-order valence-electron chi connectivity index (χ3n) is 4.01. The molecule has 0 aliphatic rings. The molecule has 2 nitrogen and oxygen atoms in total. The average molecular weight is 423 g/mol. The van der Waals surface area contributed by atoms with Crippen LogP contribution in [0.5, 0.6) is 5.75 Å². The Labute approximate surface area is 153 Å². The summed E-state index contributed by atoms with van der Waals surface area (Å²) in [5.41, 5.74) is 2.79. The summed E-state index contributed by atoms with van der Waals surface area (Å²) in [4.78, 5) is 0. The fourth-order valence-corrected chi connectivity index (χ4v) is 3.24. The molecule has 0 unspecified atom stereocenters. The van der Waals surface area contributed by atoms with Gasteiger partial charge in [0.25, 0.3) is 0 Å². The second kappa shape index (κ2) is 9.93.